The molecule has 2 rings (SSSR count). The number of hydrogen-bond acceptors (Lipinski definition) is 4. The van der Waals surface area contributed by atoms with Crippen LogP contribution in [0, 0.1) is 11.3 Å². The van der Waals surface area contributed by atoms with Crippen molar-refractivity contribution in [2.24, 2.45) is 5.16 Å². The van der Waals surface area contributed by atoms with E-state index < -0.39 is 0 Å². The monoisotopic (exact) mass is 322 g/mol. The minimum atomic E-state index is 0.115. The van der Waals surface area contributed by atoms with Crippen molar-refractivity contribution in [2.45, 2.75) is 32.8 Å². The van der Waals surface area contributed by atoms with Gasteiger partial charge in [0, 0.05) is 5.56 Å². The van der Waals surface area contributed by atoms with Gasteiger partial charge >= 0.3 is 0 Å². The van der Waals surface area contributed by atoms with Crippen LogP contribution >= 0.6 is 0 Å². The zero-order chi connectivity index (χ0) is 17.6. The van der Waals surface area contributed by atoms with Crippen molar-refractivity contribution in [1.82, 2.24) is 0 Å². The van der Waals surface area contributed by atoms with Crippen LogP contribution in [-0.4, -0.2) is 12.8 Å². The summed E-state index contributed by atoms with van der Waals surface area (Å²) < 4.78 is 5.87. The number of nitrogens with zero attached hydrogens (tertiary/aromatic N) is 2. The zero-order valence-electron chi connectivity index (χ0n) is 14.5. The molecule has 0 aromatic heterocycles. The normalized spacial score (nSPS) is 11.7. The van der Waals surface area contributed by atoms with E-state index in [1.54, 1.807) is 0 Å². The Balaban J connectivity index is 2.16. The van der Waals surface area contributed by atoms with E-state index in [0.717, 1.165) is 11.3 Å². The predicted molar refractivity (Wildman–Crippen MR) is 95.1 cm³/mol. The summed E-state index contributed by atoms with van der Waals surface area (Å²) in [7, 11) is 1.42. The molecule has 0 spiro atoms. The molecule has 2 aromatic carbocycles. The molecule has 24 heavy (non-hydrogen) atoms. The van der Waals surface area contributed by atoms with Crippen LogP contribution in [0.1, 0.15) is 37.5 Å². The summed E-state index contributed by atoms with van der Waals surface area (Å²) in [6, 6.07) is 17.7. The summed E-state index contributed by atoms with van der Waals surface area (Å²) in [6.07, 6.45) is 0. The van der Waals surface area contributed by atoms with E-state index in [4.69, 9.17) is 9.57 Å². The topological polar surface area (TPSA) is 54.6 Å². The average Bonchev–Trinajstić information content (AvgIpc) is 2.58. The maximum absolute atomic E-state index is 9.23. The highest BCUT2D eigenvalue weighted by Gasteiger charge is 2.13. The molecular weight excluding hydrogens is 300 g/mol. The van der Waals surface area contributed by atoms with Crippen molar-refractivity contribution < 1.29 is 9.57 Å². The van der Waals surface area contributed by atoms with E-state index in [1.807, 2.05) is 36.4 Å². The first-order chi connectivity index (χ1) is 11.5. The first-order valence-corrected chi connectivity index (χ1v) is 7.78. The van der Waals surface area contributed by atoms with Crippen LogP contribution in [0.25, 0.3) is 0 Å². The van der Waals surface area contributed by atoms with Gasteiger partial charge in [-0.3, -0.25) is 0 Å². The molecule has 0 aliphatic carbocycles. The third-order valence-electron chi connectivity index (χ3n) is 3.68. The van der Waals surface area contributed by atoms with Crippen LogP contribution in [0.2, 0.25) is 0 Å². The molecule has 0 saturated carbocycles. The van der Waals surface area contributed by atoms with Gasteiger partial charge in [-0.2, -0.15) is 5.26 Å². The lowest BCUT2D eigenvalue weighted by Gasteiger charge is -2.19. The molecule has 4 heteroatoms. The third kappa shape index (κ3) is 4.36. The van der Waals surface area contributed by atoms with E-state index in [-0.39, 0.29) is 11.1 Å². The van der Waals surface area contributed by atoms with Gasteiger partial charge in [0.15, 0.2) is 5.71 Å². The Hall–Kier alpha value is -2.80. The maximum Gasteiger partial charge on any atom is 0.187 e. The second kappa shape index (κ2) is 7.65. The molecule has 0 aliphatic rings. The fourth-order valence-corrected chi connectivity index (χ4v) is 2.31. The van der Waals surface area contributed by atoms with Crippen LogP contribution in [0.4, 0.5) is 0 Å². The van der Waals surface area contributed by atoms with Gasteiger partial charge in [0.2, 0.25) is 0 Å². The van der Waals surface area contributed by atoms with E-state index >= 15 is 0 Å². The molecule has 2 aromatic rings. The molecule has 4 nitrogen and oxygen atoms in total. The van der Waals surface area contributed by atoms with Crippen molar-refractivity contribution in [2.75, 3.05) is 7.11 Å². The van der Waals surface area contributed by atoms with Gasteiger partial charge in [-0.1, -0.05) is 62.3 Å². The maximum atomic E-state index is 9.23. The van der Waals surface area contributed by atoms with Crippen LogP contribution in [-0.2, 0) is 16.9 Å². The van der Waals surface area contributed by atoms with Crippen molar-refractivity contribution in [1.29, 1.82) is 5.26 Å². The number of hydrogen-bond donors (Lipinski definition) is 0. The lowest BCUT2D eigenvalue weighted by atomic mass is 9.87. The SMILES string of the molecule is CO/N=C(/C#N)c1ccccc1COc1ccc(C(C)(C)C)cc1. The number of oxime groups is 1. The van der Waals surface area contributed by atoms with E-state index in [1.165, 1.54) is 12.7 Å². The van der Waals surface area contributed by atoms with Gasteiger partial charge in [-0.25, -0.2) is 0 Å². The van der Waals surface area contributed by atoms with E-state index in [2.05, 4.69) is 44.1 Å². The minimum absolute atomic E-state index is 0.115. The molecule has 0 atom stereocenters. The van der Waals surface area contributed by atoms with Crippen LogP contribution in [0.5, 0.6) is 5.75 Å². The molecule has 0 aliphatic heterocycles. The molecular formula is C20H22N2O2. The quantitative estimate of drug-likeness (QED) is 0.604. The Kier molecular flexibility index (Phi) is 5.59. The van der Waals surface area contributed by atoms with Gasteiger partial charge in [0.1, 0.15) is 25.5 Å². The van der Waals surface area contributed by atoms with E-state index in [0.29, 0.717) is 12.2 Å². The van der Waals surface area contributed by atoms with Gasteiger partial charge in [0.05, 0.1) is 0 Å². The smallest absolute Gasteiger partial charge is 0.187 e. The van der Waals surface area contributed by atoms with E-state index in [9.17, 15) is 5.26 Å². The fraction of sp³-hybridized carbons (Fsp3) is 0.300. The summed E-state index contributed by atoms with van der Waals surface area (Å²) in [5.41, 5.74) is 3.21. The van der Waals surface area contributed by atoms with Crippen molar-refractivity contribution in [3.63, 3.8) is 0 Å². The fourth-order valence-electron chi connectivity index (χ4n) is 2.31. The van der Waals surface area contributed by atoms with Crippen LogP contribution in [0.3, 0.4) is 0 Å². The van der Waals surface area contributed by atoms with Crippen LogP contribution in [0.15, 0.2) is 53.7 Å². The molecule has 0 heterocycles. The van der Waals surface area contributed by atoms with Crippen molar-refractivity contribution >= 4 is 5.71 Å². The Labute approximate surface area is 143 Å². The number of benzene rings is 2. The van der Waals surface area contributed by atoms with Gasteiger partial charge in [-0.05, 0) is 28.7 Å². The predicted octanol–water partition coefficient (Wildman–Crippen LogP) is 4.44. The summed E-state index contributed by atoms with van der Waals surface area (Å²) in [5.74, 6) is 0.792. The highest BCUT2D eigenvalue weighted by Crippen LogP contribution is 2.25. The Morgan fingerprint density at radius 3 is 2.33 bits per heavy atom. The lowest BCUT2D eigenvalue weighted by molar-refractivity contribution is 0.214. The molecule has 124 valence electrons. The van der Waals surface area contributed by atoms with Crippen molar-refractivity contribution in [3.8, 4) is 11.8 Å². The number of rotatable bonds is 5. The highest BCUT2D eigenvalue weighted by atomic mass is 16.6. The average molecular weight is 322 g/mol. The summed E-state index contributed by atoms with van der Waals surface area (Å²) >= 11 is 0. The lowest BCUT2D eigenvalue weighted by Crippen LogP contribution is -2.10. The molecule has 0 N–H and O–H groups in total. The Bertz CT molecular complexity index is 750. The Morgan fingerprint density at radius 2 is 1.75 bits per heavy atom. The zero-order valence-corrected chi connectivity index (χ0v) is 14.5. The van der Waals surface area contributed by atoms with Gasteiger partial charge in [-0.15, -0.1) is 0 Å². The molecule has 0 fully saturated rings. The highest BCUT2D eigenvalue weighted by molar-refractivity contribution is 6.12. The molecule has 0 amide bonds. The Morgan fingerprint density at radius 1 is 1.08 bits per heavy atom. The first kappa shape index (κ1) is 17.6. The van der Waals surface area contributed by atoms with Crippen molar-refractivity contribution in [3.05, 3.63) is 65.2 Å². The molecule has 0 radical (unpaired) electrons. The summed E-state index contributed by atoms with van der Waals surface area (Å²) in [5, 5.41) is 13.0. The number of ether oxygens (including phenoxy) is 1. The standard InChI is InChI=1S/C20H22N2O2/c1-20(2,3)16-9-11-17(12-10-16)24-14-15-7-5-6-8-18(15)19(13-21)22-23-4/h5-12H,14H2,1-4H3/b22-19-. The third-order valence-corrected chi connectivity index (χ3v) is 3.68. The first-order valence-electron chi connectivity index (χ1n) is 7.78. The molecule has 0 bridgehead atoms. The minimum Gasteiger partial charge on any atom is -0.489 e. The largest absolute Gasteiger partial charge is 0.489 e. The van der Waals surface area contributed by atoms with Gasteiger partial charge < -0.3 is 9.57 Å². The second-order valence-electron chi connectivity index (χ2n) is 6.45. The summed E-state index contributed by atoms with van der Waals surface area (Å²) in [4.78, 5) is 4.74. The summed E-state index contributed by atoms with van der Waals surface area (Å²) in [6.45, 7) is 6.89. The second-order valence-corrected chi connectivity index (χ2v) is 6.45. The van der Waals surface area contributed by atoms with Gasteiger partial charge in [0.25, 0.3) is 0 Å². The molecule has 0 saturated heterocycles. The van der Waals surface area contributed by atoms with Crippen LogP contribution < -0.4 is 4.74 Å². The molecule has 0 unspecified atom stereocenters. The number of nitriles is 1.